The van der Waals surface area contributed by atoms with Crippen molar-refractivity contribution >= 4 is 16.0 Å². The van der Waals surface area contributed by atoms with E-state index in [1.807, 2.05) is 13.0 Å². The molecule has 1 aromatic carbocycles. The van der Waals surface area contributed by atoms with Gasteiger partial charge in [0.15, 0.2) is 13.3 Å². The van der Waals surface area contributed by atoms with Gasteiger partial charge in [-0.3, -0.25) is 4.90 Å². The first-order valence-electron chi connectivity index (χ1n) is 6.33. The van der Waals surface area contributed by atoms with Crippen molar-refractivity contribution in [2.24, 2.45) is 4.99 Å². The molecule has 2 rings (SSSR count). The Labute approximate surface area is 119 Å². The summed E-state index contributed by atoms with van der Waals surface area (Å²) >= 11 is 0. The van der Waals surface area contributed by atoms with Gasteiger partial charge >= 0.3 is 0 Å². The van der Waals surface area contributed by atoms with Crippen LogP contribution >= 0.6 is 0 Å². The number of quaternary nitrogens is 1. The van der Waals surface area contributed by atoms with E-state index in [0.717, 1.165) is 12.1 Å². The van der Waals surface area contributed by atoms with Gasteiger partial charge in [0.2, 0.25) is 5.96 Å². The van der Waals surface area contributed by atoms with Crippen molar-refractivity contribution in [3.8, 4) is 0 Å². The first-order valence-corrected chi connectivity index (χ1v) is 7.82. The summed E-state index contributed by atoms with van der Waals surface area (Å²) in [5.74, 6) is 0.290. The Balaban J connectivity index is 2.06. The van der Waals surface area contributed by atoms with Crippen LogP contribution in [0, 0.1) is 6.92 Å². The van der Waals surface area contributed by atoms with E-state index in [4.69, 9.17) is 0 Å². The second-order valence-electron chi connectivity index (χ2n) is 4.68. The molecule has 0 bridgehead atoms. The third-order valence-corrected chi connectivity index (χ3v) is 4.32. The normalized spacial score (nSPS) is 18.9. The molecule has 1 heterocycles. The Hall–Kier alpha value is -1.86. The molecular weight excluding hydrogens is 276 g/mol. The molecule has 1 aliphatic heterocycles. The van der Waals surface area contributed by atoms with Gasteiger partial charge in [-0.25, -0.2) is 13.1 Å². The summed E-state index contributed by atoms with van der Waals surface area (Å²) in [6.07, 6.45) is 1.81. The fraction of sp³-hybridized carbons (Fsp3) is 0.308. The van der Waals surface area contributed by atoms with Gasteiger partial charge in [-0.15, -0.1) is 0 Å². The molecular formula is C13H19N4O2S+. The van der Waals surface area contributed by atoms with Crippen LogP contribution in [0.2, 0.25) is 0 Å². The number of aryl methyl sites for hydroxylation is 1. The number of nitrogens with one attached hydrogen (secondary N) is 3. The smallest absolute Gasteiger partial charge is 0.264 e. The molecule has 0 fully saturated rings. The summed E-state index contributed by atoms with van der Waals surface area (Å²) in [6.45, 7) is 7.50. The van der Waals surface area contributed by atoms with Gasteiger partial charge in [0.25, 0.3) is 10.0 Å². The molecule has 20 heavy (non-hydrogen) atoms. The van der Waals surface area contributed by atoms with Crippen molar-refractivity contribution in [1.29, 1.82) is 0 Å². The van der Waals surface area contributed by atoms with Gasteiger partial charge in [0.05, 0.1) is 11.4 Å². The van der Waals surface area contributed by atoms with E-state index in [1.54, 1.807) is 24.3 Å². The molecule has 108 valence electrons. The van der Waals surface area contributed by atoms with E-state index in [2.05, 4.69) is 21.6 Å². The first-order chi connectivity index (χ1) is 9.51. The Morgan fingerprint density at radius 2 is 2.15 bits per heavy atom. The van der Waals surface area contributed by atoms with Crippen LogP contribution in [0.4, 0.5) is 0 Å². The second kappa shape index (κ2) is 6.06. The molecule has 1 aliphatic rings. The molecule has 0 spiro atoms. The zero-order valence-electron chi connectivity index (χ0n) is 11.4. The summed E-state index contributed by atoms with van der Waals surface area (Å²) in [7, 11) is -3.58. The number of hydrogen-bond donors (Lipinski definition) is 3. The SMILES string of the molecule is C=CC[NH+]1CN=C(NS(=O)(=O)c2ccc(C)cc2)NC1. The monoisotopic (exact) mass is 295 g/mol. The second-order valence-corrected chi connectivity index (χ2v) is 6.36. The zero-order chi connectivity index (χ0) is 14.6. The standard InChI is InChI=1S/C13H18N4O2S/c1-3-8-17-9-14-13(15-10-17)16-20(18,19)12-6-4-11(2)5-7-12/h3-7H,1,8-10H2,2H3,(H2,14,15,16)/p+1. The minimum absolute atomic E-state index is 0.230. The van der Waals surface area contributed by atoms with Gasteiger partial charge in [-0.05, 0) is 25.1 Å². The molecule has 0 amide bonds. The Kier molecular flexibility index (Phi) is 4.41. The largest absolute Gasteiger partial charge is 0.309 e. The molecule has 0 saturated heterocycles. The fourth-order valence-electron chi connectivity index (χ4n) is 1.82. The molecule has 1 atom stereocenters. The maximum Gasteiger partial charge on any atom is 0.264 e. The lowest BCUT2D eigenvalue weighted by atomic mass is 10.2. The van der Waals surface area contributed by atoms with Crippen molar-refractivity contribution in [3.63, 3.8) is 0 Å². The lowest BCUT2D eigenvalue weighted by molar-refractivity contribution is -0.897. The van der Waals surface area contributed by atoms with Crippen molar-refractivity contribution in [2.75, 3.05) is 19.9 Å². The van der Waals surface area contributed by atoms with Crippen molar-refractivity contribution in [2.45, 2.75) is 11.8 Å². The van der Waals surface area contributed by atoms with Crippen LogP contribution in [0.15, 0.2) is 46.8 Å². The number of sulfonamides is 1. The third-order valence-electron chi connectivity index (χ3n) is 2.96. The molecule has 0 aromatic heterocycles. The number of benzene rings is 1. The maximum atomic E-state index is 12.2. The highest BCUT2D eigenvalue weighted by Gasteiger charge is 2.20. The molecule has 6 nitrogen and oxygen atoms in total. The van der Waals surface area contributed by atoms with Crippen LogP contribution < -0.4 is 14.9 Å². The molecule has 0 saturated carbocycles. The van der Waals surface area contributed by atoms with Crippen LogP contribution in [-0.4, -0.2) is 34.3 Å². The van der Waals surface area contributed by atoms with Crippen LogP contribution in [-0.2, 0) is 10.0 Å². The number of guanidine groups is 1. The average Bonchev–Trinajstić information content (AvgIpc) is 2.41. The molecule has 3 N–H and O–H groups in total. The highest BCUT2D eigenvalue weighted by atomic mass is 32.2. The topological polar surface area (TPSA) is 75.0 Å². The van der Waals surface area contributed by atoms with E-state index < -0.39 is 10.0 Å². The minimum Gasteiger partial charge on any atom is -0.309 e. The molecule has 0 radical (unpaired) electrons. The van der Waals surface area contributed by atoms with Gasteiger partial charge < -0.3 is 5.32 Å². The van der Waals surface area contributed by atoms with Gasteiger partial charge in [0.1, 0.15) is 0 Å². The lowest BCUT2D eigenvalue weighted by Crippen LogP contribution is -3.14. The molecule has 1 unspecified atom stereocenters. The van der Waals surface area contributed by atoms with E-state index in [9.17, 15) is 8.42 Å². The number of hydrogen-bond acceptors (Lipinski definition) is 4. The van der Waals surface area contributed by atoms with E-state index in [0.29, 0.717) is 19.3 Å². The van der Waals surface area contributed by atoms with Crippen molar-refractivity contribution in [3.05, 3.63) is 42.5 Å². The predicted octanol–water partition coefficient (Wildman–Crippen LogP) is -0.782. The van der Waals surface area contributed by atoms with Crippen LogP contribution in [0.1, 0.15) is 5.56 Å². The van der Waals surface area contributed by atoms with Crippen LogP contribution in [0.3, 0.4) is 0 Å². The van der Waals surface area contributed by atoms with E-state index in [1.165, 1.54) is 4.90 Å². The molecule has 1 aromatic rings. The Morgan fingerprint density at radius 1 is 1.45 bits per heavy atom. The molecule has 0 aliphatic carbocycles. The Morgan fingerprint density at radius 3 is 2.70 bits per heavy atom. The van der Waals surface area contributed by atoms with Crippen LogP contribution in [0.25, 0.3) is 0 Å². The lowest BCUT2D eigenvalue weighted by Gasteiger charge is -2.23. The first kappa shape index (κ1) is 14.5. The third kappa shape index (κ3) is 3.58. The predicted molar refractivity (Wildman–Crippen MR) is 77.8 cm³/mol. The van der Waals surface area contributed by atoms with Gasteiger partial charge in [-0.2, -0.15) is 4.99 Å². The van der Waals surface area contributed by atoms with Crippen molar-refractivity contribution in [1.82, 2.24) is 10.0 Å². The minimum atomic E-state index is -3.58. The Bertz CT molecular complexity index is 608. The van der Waals surface area contributed by atoms with Crippen LogP contribution in [0.5, 0.6) is 0 Å². The highest BCUT2D eigenvalue weighted by molar-refractivity contribution is 7.90. The quantitative estimate of drug-likeness (QED) is 0.638. The summed E-state index contributed by atoms with van der Waals surface area (Å²) in [4.78, 5) is 5.60. The van der Waals surface area contributed by atoms with E-state index >= 15 is 0 Å². The summed E-state index contributed by atoms with van der Waals surface area (Å²) in [5, 5.41) is 2.97. The zero-order valence-corrected chi connectivity index (χ0v) is 12.2. The number of rotatable bonds is 4. The highest BCUT2D eigenvalue weighted by Crippen LogP contribution is 2.09. The summed E-state index contributed by atoms with van der Waals surface area (Å²) in [6, 6.07) is 6.69. The van der Waals surface area contributed by atoms with Gasteiger partial charge in [0, 0.05) is 0 Å². The van der Waals surface area contributed by atoms with Gasteiger partial charge in [-0.1, -0.05) is 24.3 Å². The fourth-order valence-corrected chi connectivity index (χ4v) is 2.83. The van der Waals surface area contributed by atoms with E-state index in [-0.39, 0.29) is 4.90 Å². The summed E-state index contributed by atoms with van der Waals surface area (Å²) in [5.41, 5.74) is 1.01. The average molecular weight is 295 g/mol. The van der Waals surface area contributed by atoms with Crippen molar-refractivity contribution < 1.29 is 13.3 Å². The maximum absolute atomic E-state index is 12.2. The number of nitrogens with zero attached hydrogens (tertiary/aromatic N) is 1. The summed E-state index contributed by atoms with van der Waals surface area (Å²) < 4.78 is 26.8. The molecule has 7 heteroatoms. The number of aliphatic imine (C=N–C) groups is 1.